The molecule has 0 aromatic rings. The molecule has 15 heavy (non-hydrogen) atoms. The lowest BCUT2D eigenvalue weighted by Crippen LogP contribution is -2.34. The van der Waals surface area contributed by atoms with Gasteiger partial charge in [0, 0.05) is 19.5 Å². The van der Waals surface area contributed by atoms with Crippen molar-refractivity contribution in [1.29, 1.82) is 0 Å². The molecule has 0 aliphatic carbocycles. The van der Waals surface area contributed by atoms with E-state index >= 15 is 0 Å². The number of hydrogen-bond acceptors (Lipinski definition) is 3. The van der Waals surface area contributed by atoms with Crippen LogP contribution in [0.2, 0.25) is 0 Å². The van der Waals surface area contributed by atoms with Crippen molar-refractivity contribution >= 4 is 11.9 Å². The van der Waals surface area contributed by atoms with E-state index in [1.54, 1.807) is 13.1 Å². The van der Waals surface area contributed by atoms with Crippen LogP contribution in [0, 0.1) is 5.41 Å². The predicted molar refractivity (Wildman–Crippen MR) is 55.9 cm³/mol. The molecule has 0 spiro atoms. The fourth-order valence-corrected chi connectivity index (χ4v) is 1.49. The van der Waals surface area contributed by atoms with Gasteiger partial charge in [0.15, 0.2) is 6.23 Å². The maximum Gasteiger partial charge on any atom is 0.304 e. The molecule has 1 aliphatic heterocycles. The molecule has 84 valence electrons. The van der Waals surface area contributed by atoms with Gasteiger partial charge < -0.3 is 9.64 Å². The van der Waals surface area contributed by atoms with Crippen molar-refractivity contribution in [3.8, 4) is 0 Å². The Hall–Kier alpha value is -1.32. The topological polar surface area (TPSA) is 46.6 Å². The lowest BCUT2D eigenvalue weighted by atomic mass is 9.86. The Balaban J connectivity index is 2.92. The molecule has 1 rings (SSSR count). The Labute approximate surface area is 89.9 Å². The number of carbonyl (C=O) groups excluding carboxylic acids is 2. The van der Waals surface area contributed by atoms with Crippen LogP contribution < -0.4 is 0 Å². The van der Waals surface area contributed by atoms with E-state index in [1.807, 2.05) is 20.8 Å². The second kappa shape index (κ2) is 3.68. The highest BCUT2D eigenvalue weighted by molar-refractivity contribution is 5.97. The number of esters is 1. The van der Waals surface area contributed by atoms with Crippen molar-refractivity contribution in [2.75, 3.05) is 7.05 Å². The maximum atomic E-state index is 11.8. The Morgan fingerprint density at radius 2 is 2.00 bits per heavy atom. The van der Waals surface area contributed by atoms with Crippen LogP contribution in [0.25, 0.3) is 0 Å². The fraction of sp³-hybridized carbons (Fsp3) is 0.636. The van der Waals surface area contributed by atoms with Crippen LogP contribution in [-0.2, 0) is 14.3 Å². The molecular formula is C11H17NO3. The Kier molecular flexibility index (Phi) is 2.88. The molecule has 0 saturated heterocycles. The normalized spacial score (nSPS) is 21.7. The first-order valence-corrected chi connectivity index (χ1v) is 4.90. The van der Waals surface area contributed by atoms with Crippen molar-refractivity contribution in [3.63, 3.8) is 0 Å². The molecule has 0 N–H and O–H groups in total. The van der Waals surface area contributed by atoms with Crippen LogP contribution in [0.15, 0.2) is 11.6 Å². The largest absolute Gasteiger partial charge is 0.438 e. The molecule has 4 nitrogen and oxygen atoms in total. The molecule has 1 amide bonds. The van der Waals surface area contributed by atoms with Crippen molar-refractivity contribution in [3.05, 3.63) is 11.6 Å². The highest BCUT2D eigenvalue weighted by Gasteiger charge is 2.36. The Bertz CT molecular complexity index is 325. The van der Waals surface area contributed by atoms with Gasteiger partial charge in [0.2, 0.25) is 0 Å². The van der Waals surface area contributed by atoms with E-state index in [-0.39, 0.29) is 17.3 Å². The summed E-state index contributed by atoms with van der Waals surface area (Å²) in [5, 5.41) is 0. The van der Waals surface area contributed by atoms with Gasteiger partial charge in [-0.05, 0) is 11.5 Å². The molecule has 0 saturated carbocycles. The SMILES string of the molecule is CC(=O)OC1C=C(C(C)(C)C)C(=O)N1C. The van der Waals surface area contributed by atoms with E-state index in [0.29, 0.717) is 5.57 Å². The van der Waals surface area contributed by atoms with Crippen LogP contribution in [-0.4, -0.2) is 30.1 Å². The second-order valence-corrected chi connectivity index (χ2v) is 4.75. The third-order valence-electron chi connectivity index (χ3n) is 2.34. The monoisotopic (exact) mass is 211 g/mol. The Morgan fingerprint density at radius 3 is 2.33 bits per heavy atom. The minimum absolute atomic E-state index is 0.0752. The summed E-state index contributed by atoms with van der Waals surface area (Å²) in [6.07, 6.45) is 1.16. The molecule has 1 unspecified atom stereocenters. The van der Waals surface area contributed by atoms with Gasteiger partial charge in [-0.2, -0.15) is 0 Å². The summed E-state index contributed by atoms with van der Waals surface area (Å²) in [5.74, 6) is -0.459. The van der Waals surface area contributed by atoms with Gasteiger partial charge in [0.25, 0.3) is 5.91 Å². The molecule has 1 heterocycles. The molecule has 0 radical (unpaired) electrons. The zero-order chi connectivity index (χ0) is 11.8. The summed E-state index contributed by atoms with van der Waals surface area (Å²) in [7, 11) is 1.63. The van der Waals surface area contributed by atoms with Gasteiger partial charge >= 0.3 is 5.97 Å². The highest BCUT2D eigenvalue weighted by Crippen LogP contribution is 2.32. The zero-order valence-corrected chi connectivity index (χ0v) is 9.83. The zero-order valence-electron chi connectivity index (χ0n) is 9.83. The highest BCUT2D eigenvalue weighted by atomic mass is 16.6. The van der Waals surface area contributed by atoms with E-state index in [9.17, 15) is 9.59 Å². The number of ether oxygens (including phenoxy) is 1. The van der Waals surface area contributed by atoms with Gasteiger partial charge in [0.05, 0.1) is 0 Å². The maximum absolute atomic E-state index is 11.8. The number of hydrogen-bond donors (Lipinski definition) is 0. The summed E-state index contributed by atoms with van der Waals surface area (Å²) in [4.78, 5) is 24.1. The molecule has 0 aromatic carbocycles. The Morgan fingerprint density at radius 1 is 1.47 bits per heavy atom. The van der Waals surface area contributed by atoms with Crippen molar-refractivity contribution < 1.29 is 14.3 Å². The average Bonchev–Trinajstić information content (AvgIpc) is 2.30. The van der Waals surface area contributed by atoms with Crippen LogP contribution in [0.1, 0.15) is 27.7 Å². The molecule has 1 aliphatic rings. The number of likely N-dealkylation sites (N-methyl/N-ethyl adjacent to an activating group) is 1. The van der Waals surface area contributed by atoms with Crippen LogP contribution in [0.4, 0.5) is 0 Å². The molecule has 0 aromatic heterocycles. The second-order valence-electron chi connectivity index (χ2n) is 4.75. The van der Waals surface area contributed by atoms with E-state index in [1.165, 1.54) is 11.8 Å². The van der Waals surface area contributed by atoms with Gasteiger partial charge in [-0.15, -0.1) is 0 Å². The number of carbonyl (C=O) groups is 2. The standard InChI is InChI=1S/C11H17NO3/c1-7(13)15-9-6-8(11(2,3)4)10(14)12(9)5/h6,9H,1-5H3. The van der Waals surface area contributed by atoms with E-state index in [2.05, 4.69) is 0 Å². The lowest BCUT2D eigenvalue weighted by Gasteiger charge is -2.21. The summed E-state index contributed by atoms with van der Waals surface area (Å²) in [5.41, 5.74) is 0.469. The third-order valence-corrected chi connectivity index (χ3v) is 2.34. The van der Waals surface area contributed by atoms with Crippen molar-refractivity contribution in [1.82, 2.24) is 4.90 Å². The summed E-state index contributed by atoms with van der Waals surface area (Å²) >= 11 is 0. The minimum atomic E-state index is -0.552. The number of nitrogens with zero attached hydrogens (tertiary/aromatic N) is 1. The van der Waals surface area contributed by atoms with Crippen LogP contribution in [0.5, 0.6) is 0 Å². The smallest absolute Gasteiger partial charge is 0.304 e. The van der Waals surface area contributed by atoms with Crippen LogP contribution in [0.3, 0.4) is 0 Å². The van der Waals surface area contributed by atoms with E-state index in [4.69, 9.17) is 4.74 Å². The van der Waals surface area contributed by atoms with E-state index in [0.717, 1.165) is 0 Å². The van der Waals surface area contributed by atoms with Gasteiger partial charge in [-0.3, -0.25) is 9.59 Å². The summed E-state index contributed by atoms with van der Waals surface area (Å²) in [6.45, 7) is 7.21. The van der Waals surface area contributed by atoms with Crippen LogP contribution >= 0.6 is 0 Å². The molecule has 0 bridgehead atoms. The molecule has 4 heteroatoms. The summed E-state index contributed by atoms with van der Waals surface area (Å²) < 4.78 is 5.01. The minimum Gasteiger partial charge on any atom is -0.438 e. The average molecular weight is 211 g/mol. The first kappa shape index (κ1) is 11.8. The van der Waals surface area contributed by atoms with Crippen molar-refractivity contribution in [2.24, 2.45) is 5.41 Å². The quantitative estimate of drug-likeness (QED) is 0.614. The fourth-order valence-electron chi connectivity index (χ4n) is 1.49. The number of amides is 1. The lowest BCUT2D eigenvalue weighted by molar-refractivity contribution is -0.153. The van der Waals surface area contributed by atoms with Gasteiger partial charge in [-0.25, -0.2) is 0 Å². The molecule has 0 fully saturated rings. The van der Waals surface area contributed by atoms with Gasteiger partial charge in [-0.1, -0.05) is 20.8 Å². The molecular weight excluding hydrogens is 194 g/mol. The predicted octanol–water partition coefficient (Wildman–Crippen LogP) is 1.32. The van der Waals surface area contributed by atoms with Crippen molar-refractivity contribution in [2.45, 2.75) is 33.9 Å². The molecule has 1 atom stereocenters. The van der Waals surface area contributed by atoms with E-state index < -0.39 is 6.23 Å². The first-order valence-electron chi connectivity index (χ1n) is 4.90. The summed E-state index contributed by atoms with van der Waals surface area (Å²) in [6, 6.07) is 0. The van der Waals surface area contributed by atoms with Gasteiger partial charge in [0.1, 0.15) is 0 Å². The first-order chi connectivity index (χ1) is 6.73. The third kappa shape index (κ3) is 2.37. The number of rotatable bonds is 1.